The van der Waals surface area contributed by atoms with Crippen molar-refractivity contribution in [2.24, 2.45) is 4.99 Å². The van der Waals surface area contributed by atoms with Gasteiger partial charge in [0.2, 0.25) is 0 Å². The average Bonchev–Trinajstić information content (AvgIpc) is 3.13. The summed E-state index contributed by atoms with van der Waals surface area (Å²) in [6.45, 7) is 9.62. The molecule has 2 aliphatic heterocycles. The topological polar surface area (TPSA) is 62.2 Å². The number of nitrogens with zero attached hydrogens (tertiary/aromatic N) is 4. The number of benzene rings is 1. The van der Waals surface area contributed by atoms with E-state index >= 15 is 0 Å². The summed E-state index contributed by atoms with van der Waals surface area (Å²) in [5, 5.41) is 5.82. The molecule has 1 fully saturated rings. The summed E-state index contributed by atoms with van der Waals surface area (Å²) in [5.74, 6) is 1.36. The number of amidine groups is 1. The number of aromatic nitrogens is 1. The van der Waals surface area contributed by atoms with Crippen LogP contribution in [0.15, 0.2) is 29.3 Å². The highest BCUT2D eigenvalue weighted by Crippen LogP contribution is 2.39. The molecule has 0 spiro atoms. The van der Waals surface area contributed by atoms with Crippen LogP contribution in [0.25, 0.3) is 0 Å². The van der Waals surface area contributed by atoms with Gasteiger partial charge in [0.05, 0.1) is 23.0 Å². The number of fused-ring (bicyclic) bond motifs is 2. The summed E-state index contributed by atoms with van der Waals surface area (Å²) in [6.07, 6.45) is 0.986. The summed E-state index contributed by atoms with van der Waals surface area (Å²) in [6, 6.07) is 8.64. The van der Waals surface area contributed by atoms with E-state index in [1.54, 1.807) is 25.6 Å². The van der Waals surface area contributed by atoms with Gasteiger partial charge in [-0.05, 0) is 18.6 Å². The van der Waals surface area contributed by atoms with Crippen molar-refractivity contribution in [3.8, 4) is 0 Å². The van der Waals surface area contributed by atoms with E-state index in [0.29, 0.717) is 12.0 Å². The molecule has 0 unspecified atom stereocenters. The quantitative estimate of drug-likeness (QED) is 0.696. The van der Waals surface area contributed by atoms with Gasteiger partial charge in [0, 0.05) is 59.0 Å². The van der Waals surface area contributed by atoms with E-state index in [-0.39, 0.29) is 0 Å². The van der Waals surface area contributed by atoms with E-state index in [0.717, 1.165) is 78.7 Å². The Morgan fingerprint density at radius 1 is 1.16 bits per heavy atom. The van der Waals surface area contributed by atoms with Gasteiger partial charge in [-0.15, -0.1) is 11.3 Å². The Morgan fingerprint density at radius 3 is 2.74 bits per heavy atom. The molecule has 2 aliphatic rings. The Bertz CT molecular complexity index is 913. The van der Waals surface area contributed by atoms with Crippen LogP contribution in [0.4, 0.5) is 16.4 Å². The van der Waals surface area contributed by atoms with Gasteiger partial charge < -0.3 is 19.7 Å². The Hall–Kier alpha value is -2.00. The molecule has 0 radical (unpaired) electrons. The van der Waals surface area contributed by atoms with Crippen LogP contribution in [0.2, 0.25) is 0 Å². The lowest BCUT2D eigenvalue weighted by molar-refractivity contribution is 0.0573. The van der Waals surface area contributed by atoms with Gasteiger partial charge in [-0.2, -0.15) is 0 Å². The van der Waals surface area contributed by atoms with Crippen molar-refractivity contribution in [2.75, 3.05) is 58.9 Å². The van der Waals surface area contributed by atoms with Crippen molar-refractivity contribution in [2.45, 2.75) is 32.2 Å². The highest BCUT2D eigenvalue weighted by Gasteiger charge is 2.32. The van der Waals surface area contributed by atoms with E-state index < -0.39 is 0 Å². The van der Waals surface area contributed by atoms with Gasteiger partial charge in [-0.3, -0.25) is 4.90 Å². The fraction of sp³-hybridized carbons (Fsp3) is 0.565. The molecule has 0 saturated carbocycles. The molecule has 2 aromatic rings. The van der Waals surface area contributed by atoms with Crippen LogP contribution in [0.5, 0.6) is 0 Å². The first-order chi connectivity index (χ1) is 15.1. The van der Waals surface area contributed by atoms with E-state index in [9.17, 15) is 0 Å². The standard InChI is InChI=1S/C23H33N5O2S/c1-16(2)22-26-20-21(24-18-7-5-6-8-19(18)25-23(20)31-22)28-11-10-27(12-14-30-4)17(15-28)9-13-29-3/h5-8,16-17,25H,9-15H2,1-4H3/t17-/m0/s1. The monoisotopic (exact) mass is 443 g/mol. The SMILES string of the molecule is COCC[C@H]1CN(C2=Nc3ccccc3Nc3sc(C(C)C)nc32)CCN1CCOC. The Labute approximate surface area is 189 Å². The summed E-state index contributed by atoms with van der Waals surface area (Å²) in [4.78, 5) is 15.1. The lowest BCUT2D eigenvalue weighted by atomic mass is 10.1. The van der Waals surface area contributed by atoms with E-state index in [2.05, 4.69) is 41.1 Å². The second-order valence-electron chi connectivity index (χ2n) is 8.37. The van der Waals surface area contributed by atoms with E-state index in [4.69, 9.17) is 19.5 Å². The number of anilines is 2. The fourth-order valence-electron chi connectivity index (χ4n) is 4.12. The summed E-state index contributed by atoms with van der Waals surface area (Å²) < 4.78 is 10.7. The third-order valence-electron chi connectivity index (χ3n) is 5.87. The van der Waals surface area contributed by atoms with Crippen LogP contribution in [-0.2, 0) is 9.47 Å². The molecule has 0 aliphatic carbocycles. The van der Waals surface area contributed by atoms with Crippen LogP contribution < -0.4 is 5.32 Å². The molecule has 8 heteroatoms. The summed E-state index contributed by atoms with van der Waals surface area (Å²) in [7, 11) is 3.54. The Kier molecular flexibility index (Phi) is 7.22. The molecule has 4 rings (SSSR count). The number of rotatable bonds is 7. The molecule has 1 aromatic carbocycles. The van der Waals surface area contributed by atoms with Gasteiger partial charge in [-0.25, -0.2) is 9.98 Å². The molecule has 1 N–H and O–H groups in total. The van der Waals surface area contributed by atoms with E-state index in [1.165, 1.54) is 0 Å². The van der Waals surface area contributed by atoms with Crippen molar-refractivity contribution < 1.29 is 9.47 Å². The third-order valence-corrected chi connectivity index (χ3v) is 7.14. The van der Waals surface area contributed by atoms with Gasteiger partial charge in [0.15, 0.2) is 5.84 Å². The Morgan fingerprint density at radius 2 is 1.97 bits per heavy atom. The number of methoxy groups -OCH3 is 2. The van der Waals surface area contributed by atoms with Gasteiger partial charge in [-0.1, -0.05) is 26.0 Å². The zero-order chi connectivity index (χ0) is 21.8. The van der Waals surface area contributed by atoms with Crippen LogP contribution in [0.3, 0.4) is 0 Å². The molecule has 0 bridgehead atoms. The van der Waals surface area contributed by atoms with Gasteiger partial charge >= 0.3 is 0 Å². The van der Waals surface area contributed by atoms with Crippen molar-refractivity contribution in [3.05, 3.63) is 35.0 Å². The third kappa shape index (κ3) is 4.92. The smallest absolute Gasteiger partial charge is 0.158 e. The number of thiazole rings is 1. The minimum Gasteiger partial charge on any atom is -0.385 e. The number of hydrogen-bond acceptors (Lipinski definition) is 8. The number of piperazine rings is 1. The zero-order valence-corrected chi connectivity index (χ0v) is 19.7. The van der Waals surface area contributed by atoms with Crippen molar-refractivity contribution >= 4 is 33.5 Å². The van der Waals surface area contributed by atoms with Crippen LogP contribution in [0.1, 0.15) is 36.9 Å². The predicted molar refractivity (Wildman–Crippen MR) is 127 cm³/mol. The minimum atomic E-state index is 0.385. The summed E-state index contributed by atoms with van der Waals surface area (Å²) >= 11 is 1.74. The van der Waals surface area contributed by atoms with Crippen LogP contribution in [0, 0.1) is 0 Å². The molecule has 1 atom stereocenters. The minimum absolute atomic E-state index is 0.385. The molecule has 0 amide bonds. The predicted octanol–water partition coefficient (Wildman–Crippen LogP) is 4.07. The zero-order valence-electron chi connectivity index (χ0n) is 18.9. The first-order valence-corrected chi connectivity index (χ1v) is 11.8. The number of nitrogens with one attached hydrogen (secondary N) is 1. The average molecular weight is 444 g/mol. The second-order valence-corrected chi connectivity index (χ2v) is 9.40. The maximum absolute atomic E-state index is 5.40. The molecular formula is C23H33N5O2S. The van der Waals surface area contributed by atoms with Gasteiger partial charge in [0.25, 0.3) is 0 Å². The maximum atomic E-state index is 5.40. The van der Waals surface area contributed by atoms with Gasteiger partial charge in [0.1, 0.15) is 10.7 Å². The molecule has 168 valence electrons. The summed E-state index contributed by atoms with van der Waals surface area (Å²) in [5.41, 5.74) is 2.97. The first kappa shape index (κ1) is 22.2. The molecule has 1 aromatic heterocycles. The molecule has 31 heavy (non-hydrogen) atoms. The fourth-order valence-corrected chi connectivity index (χ4v) is 5.10. The largest absolute Gasteiger partial charge is 0.385 e. The van der Waals surface area contributed by atoms with Crippen LogP contribution >= 0.6 is 11.3 Å². The highest BCUT2D eigenvalue weighted by atomic mass is 32.1. The maximum Gasteiger partial charge on any atom is 0.158 e. The van der Waals surface area contributed by atoms with Crippen molar-refractivity contribution in [1.29, 1.82) is 0 Å². The highest BCUT2D eigenvalue weighted by molar-refractivity contribution is 7.16. The number of aliphatic imine (C=N–C) groups is 1. The number of hydrogen-bond donors (Lipinski definition) is 1. The lowest BCUT2D eigenvalue weighted by Crippen LogP contribution is -2.55. The lowest BCUT2D eigenvalue weighted by Gasteiger charge is -2.42. The van der Waals surface area contributed by atoms with Crippen molar-refractivity contribution in [1.82, 2.24) is 14.8 Å². The molecule has 7 nitrogen and oxygen atoms in total. The Balaban J connectivity index is 1.67. The second kappa shape index (κ2) is 10.1. The first-order valence-electron chi connectivity index (χ1n) is 11.0. The van der Waals surface area contributed by atoms with Crippen molar-refractivity contribution in [3.63, 3.8) is 0 Å². The van der Waals surface area contributed by atoms with Crippen LogP contribution in [-0.4, -0.2) is 80.3 Å². The molecule has 1 saturated heterocycles. The normalized spacial score (nSPS) is 18.9. The number of para-hydroxylation sites is 2. The molecular weight excluding hydrogens is 410 g/mol. The number of ether oxygens (including phenoxy) is 2. The molecule has 3 heterocycles. The van der Waals surface area contributed by atoms with E-state index in [1.807, 2.05) is 12.1 Å².